The number of anilines is 2. The molecule has 0 N–H and O–H groups in total. The molecule has 0 aliphatic carbocycles. The number of likely N-dealkylation sites (tertiary alicyclic amines) is 1. The second-order valence-electron chi connectivity index (χ2n) is 8.50. The zero-order chi connectivity index (χ0) is 22.7. The molecule has 0 aromatic heterocycles. The molecule has 3 aromatic rings. The number of fused-ring (bicyclic) bond motifs is 5. The van der Waals surface area contributed by atoms with Crippen LogP contribution >= 0.6 is 0 Å². The third-order valence-electron chi connectivity index (χ3n) is 6.81. The Morgan fingerprint density at radius 1 is 0.848 bits per heavy atom. The number of hydrogen-bond donors (Lipinski definition) is 0. The number of rotatable bonds is 3. The second-order valence-corrected chi connectivity index (χ2v) is 8.50. The van der Waals surface area contributed by atoms with Crippen LogP contribution in [0.3, 0.4) is 0 Å². The van der Waals surface area contributed by atoms with Crippen molar-refractivity contribution in [3.63, 3.8) is 0 Å². The monoisotopic (exact) mass is 441 g/mol. The minimum atomic E-state index is -0.817. The van der Waals surface area contributed by atoms with E-state index in [4.69, 9.17) is 9.57 Å². The van der Waals surface area contributed by atoms with Crippen LogP contribution in [0.4, 0.5) is 11.4 Å². The highest BCUT2D eigenvalue weighted by atomic mass is 16.7. The fourth-order valence-corrected chi connectivity index (χ4v) is 5.26. The second kappa shape index (κ2) is 7.43. The van der Waals surface area contributed by atoms with Crippen LogP contribution in [-0.4, -0.2) is 42.0 Å². The zero-order valence-corrected chi connectivity index (χ0v) is 18.3. The fraction of sp³-hybridized carbons (Fsp3) is 0.231. The van der Waals surface area contributed by atoms with E-state index in [2.05, 4.69) is 11.0 Å². The van der Waals surface area contributed by atoms with Gasteiger partial charge in [0.2, 0.25) is 5.91 Å². The van der Waals surface area contributed by atoms with Crippen LogP contribution < -0.4 is 9.64 Å². The summed E-state index contributed by atoms with van der Waals surface area (Å²) in [6.45, 7) is 0. The lowest BCUT2D eigenvalue weighted by Gasteiger charge is -2.47. The van der Waals surface area contributed by atoms with E-state index in [0.717, 1.165) is 28.3 Å². The van der Waals surface area contributed by atoms with Crippen LogP contribution in [0.15, 0.2) is 78.9 Å². The highest BCUT2D eigenvalue weighted by molar-refractivity contribution is 6.07. The van der Waals surface area contributed by atoms with Gasteiger partial charge in [-0.2, -0.15) is 5.06 Å². The molecule has 0 unspecified atom stereocenters. The van der Waals surface area contributed by atoms with Crippen LogP contribution in [0, 0.1) is 5.92 Å². The van der Waals surface area contributed by atoms with E-state index in [1.54, 1.807) is 7.11 Å². The highest BCUT2D eigenvalue weighted by Crippen LogP contribution is 2.56. The minimum absolute atomic E-state index is 0.197. The standard InChI is InChI=1S/C26H23N3O4/c1-27-25(30)21-22-19-10-6-7-11-20(19)28(17-12-14-18(32-2)15-13-17)24(16-8-4-3-5-9-16)29(22)33-23(21)26(27)31/h3-15,21-24H,1-2H3/t21-,22-,23+,24-/m1/s1. The average Bonchev–Trinajstić information content (AvgIpc) is 3.36. The van der Waals surface area contributed by atoms with E-state index in [1.165, 1.54) is 11.9 Å². The molecule has 7 nitrogen and oxygen atoms in total. The summed E-state index contributed by atoms with van der Waals surface area (Å²) in [7, 11) is 3.17. The number of imide groups is 1. The summed E-state index contributed by atoms with van der Waals surface area (Å²) in [5, 5.41) is 1.85. The number of likely N-dealkylation sites (N-methyl/N-ethyl adjacent to an activating group) is 1. The Labute approximate surface area is 191 Å². The van der Waals surface area contributed by atoms with E-state index >= 15 is 0 Å². The van der Waals surface area contributed by atoms with Crippen molar-refractivity contribution in [2.24, 2.45) is 5.92 Å². The normalized spacial score (nSPS) is 26.2. The maximum atomic E-state index is 13.1. The first kappa shape index (κ1) is 20.0. The van der Waals surface area contributed by atoms with Gasteiger partial charge >= 0.3 is 0 Å². The first-order chi connectivity index (χ1) is 16.1. The molecule has 0 spiro atoms. The molecule has 0 bridgehead atoms. The summed E-state index contributed by atoms with van der Waals surface area (Å²) in [5.41, 5.74) is 3.90. The lowest BCUT2D eigenvalue weighted by Crippen LogP contribution is -2.45. The topological polar surface area (TPSA) is 62.3 Å². The summed E-state index contributed by atoms with van der Waals surface area (Å²) >= 11 is 0. The summed E-state index contributed by atoms with van der Waals surface area (Å²) in [6, 6.07) is 25.6. The van der Waals surface area contributed by atoms with Crippen molar-refractivity contribution in [1.29, 1.82) is 0 Å². The fourth-order valence-electron chi connectivity index (χ4n) is 5.26. The first-order valence-corrected chi connectivity index (χ1v) is 10.9. The number of nitrogens with zero attached hydrogens (tertiary/aromatic N) is 3. The van der Waals surface area contributed by atoms with Crippen molar-refractivity contribution in [2.45, 2.75) is 18.3 Å². The summed E-state index contributed by atoms with van der Waals surface area (Å²) in [6.07, 6.45) is -1.18. The molecule has 2 fully saturated rings. The van der Waals surface area contributed by atoms with Gasteiger partial charge < -0.3 is 9.64 Å². The molecule has 6 rings (SSSR count). The average molecular weight is 441 g/mol. The minimum Gasteiger partial charge on any atom is -0.497 e. The number of benzene rings is 3. The largest absolute Gasteiger partial charge is 0.497 e. The van der Waals surface area contributed by atoms with Crippen molar-refractivity contribution in [1.82, 2.24) is 9.96 Å². The molecule has 3 aliphatic heterocycles. The molecule has 0 saturated carbocycles. The summed E-state index contributed by atoms with van der Waals surface area (Å²) < 4.78 is 5.36. The van der Waals surface area contributed by atoms with Gasteiger partial charge in [-0.1, -0.05) is 48.5 Å². The van der Waals surface area contributed by atoms with E-state index in [0.29, 0.717) is 0 Å². The number of hydroxylamine groups is 2. The molecular formula is C26H23N3O4. The lowest BCUT2D eigenvalue weighted by molar-refractivity contribution is -0.200. The van der Waals surface area contributed by atoms with Crippen molar-refractivity contribution in [3.8, 4) is 5.75 Å². The number of carbonyl (C=O) groups is 2. The van der Waals surface area contributed by atoms with Crippen molar-refractivity contribution in [2.75, 3.05) is 19.1 Å². The molecule has 166 valence electrons. The molecule has 3 aliphatic rings. The Morgan fingerprint density at radius 3 is 2.27 bits per heavy atom. The van der Waals surface area contributed by atoms with Gasteiger partial charge in [0, 0.05) is 18.4 Å². The van der Waals surface area contributed by atoms with Gasteiger partial charge in [-0.3, -0.25) is 19.3 Å². The molecule has 2 saturated heterocycles. The van der Waals surface area contributed by atoms with Crippen LogP contribution in [0.1, 0.15) is 23.3 Å². The van der Waals surface area contributed by atoms with E-state index in [9.17, 15) is 9.59 Å². The van der Waals surface area contributed by atoms with E-state index in [-0.39, 0.29) is 24.0 Å². The number of methoxy groups -OCH3 is 1. The molecule has 3 aromatic carbocycles. The molecule has 4 atom stereocenters. The van der Waals surface area contributed by atoms with Gasteiger partial charge in [0.1, 0.15) is 11.9 Å². The summed E-state index contributed by atoms with van der Waals surface area (Å²) in [5.74, 6) is -0.297. The number of para-hydroxylation sites is 1. The van der Waals surface area contributed by atoms with Crippen LogP contribution in [0.25, 0.3) is 0 Å². The number of amides is 2. The number of carbonyl (C=O) groups excluding carboxylic acids is 2. The predicted octanol–water partition coefficient (Wildman–Crippen LogP) is 3.82. The molecular weight excluding hydrogens is 418 g/mol. The third-order valence-corrected chi connectivity index (χ3v) is 6.81. The highest BCUT2D eigenvalue weighted by Gasteiger charge is 2.62. The summed E-state index contributed by atoms with van der Waals surface area (Å²) in [4.78, 5) is 35.7. The van der Waals surface area contributed by atoms with E-state index < -0.39 is 12.0 Å². The molecule has 7 heteroatoms. The van der Waals surface area contributed by atoms with Gasteiger partial charge in [-0.25, -0.2) is 0 Å². The Kier molecular flexibility index (Phi) is 4.50. The van der Waals surface area contributed by atoms with Crippen molar-refractivity contribution < 1.29 is 19.2 Å². The van der Waals surface area contributed by atoms with Gasteiger partial charge in [0.25, 0.3) is 5.91 Å². The molecule has 33 heavy (non-hydrogen) atoms. The van der Waals surface area contributed by atoms with Crippen molar-refractivity contribution in [3.05, 3.63) is 90.0 Å². The molecule has 0 radical (unpaired) electrons. The number of hydrogen-bond acceptors (Lipinski definition) is 6. The maximum absolute atomic E-state index is 13.1. The Balaban J connectivity index is 1.57. The Morgan fingerprint density at radius 2 is 1.55 bits per heavy atom. The lowest BCUT2D eigenvalue weighted by atomic mass is 9.86. The Hall–Kier alpha value is -3.68. The smallest absolute Gasteiger partial charge is 0.261 e. The van der Waals surface area contributed by atoms with Crippen molar-refractivity contribution >= 4 is 23.2 Å². The maximum Gasteiger partial charge on any atom is 0.261 e. The van der Waals surface area contributed by atoms with Crippen LogP contribution in [0.2, 0.25) is 0 Å². The molecule has 2 amide bonds. The van der Waals surface area contributed by atoms with Gasteiger partial charge in [0.05, 0.1) is 19.1 Å². The molecule has 3 heterocycles. The zero-order valence-electron chi connectivity index (χ0n) is 18.3. The predicted molar refractivity (Wildman–Crippen MR) is 121 cm³/mol. The Bertz CT molecular complexity index is 1230. The van der Waals surface area contributed by atoms with Gasteiger partial charge in [-0.15, -0.1) is 0 Å². The first-order valence-electron chi connectivity index (χ1n) is 10.9. The van der Waals surface area contributed by atoms with Crippen LogP contribution in [0.5, 0.6) is 5.75 Å². The third kappa shape index (κ3) is 2.83. The quantitative estimate of drug-likeness (QED) is 0.576. The number of ether oxygens (including phenoxy) is 1. The SMILES string of the molecule is COc1ccc(N2c3ccccc3[C@@H]3[C@H]4C(=O)N(C)C(=O)[C@H]4ON3[C@@H]2c2ccccc2)cc1. The van der Waals surface area contributed by atoms with Gasteiger partial charge in [0.15, 0.2) is 6.10 Å². The van der Waals surface area contributed by atoms with Gasteiger partial charge in [-0.05, 0) is 41.5 Å². The van der Waals surface area contributed by atoms with E-state index in [1.807, 2.05) is 77.9 Å². The van der Waals surface area contributed by atoms with Crippen LogP contribution in [-0.2, 0) is 14.4 Å².